The molecule has 1 aromatic heterocycles. The molecule has 4 heteroatoms. The van der Waals surface area contributed by atoms with Crippen molar-refractivity contribution in [2.24, 2.45) is 23.6 Å². The fourth-order valence-electron chi connectivity index (χ4n) is 3.77. The average molecular weight is 362 g/mol. The van der Waals surface area contributed by atoms with Gasteiger partial charge < -0.3 is 0 Å². The van der Waals surface area contributed by atoms with Gasteiger partial charge in [0.2, 0.25) is 0 Å². The molecule has 3 N–H and O–H groups in total. The van der Waals surface area contributed by atoms with Gasteiger partial charge in [-0.3, -0.25) is 11.3 Å². The summed E-state index contributed by atoms with van der Waals surface area (Å²) in [4.78, 5) is 0. The molecule has 94 valence electrons. The van der Waals surface area contributed by atoms with Crippen molar-refractivity contribution in [1.82, 2.24) is 5.43 Å². The molecule has 2 nitrogen and oxygen atoms in total. The van der Waals surface area contributed by atoms with Gasteiger partial charge in [-0.2, -0.15) is 0 Å². The van der Waals surface area contributed by atoms with Crippen LogP contribution in [0.25, 0.3) is 0 Å². The van der Waals surface area contributed by atoms with E-state index in [0.29, 0.717) is 6.04 Å². The van der Waals surface area contributed by atoms with E-state index in [2.05, 4.69) is 39.5 Å². The summed E-state index contributed by atoms with van der Waals surface area (Å²) in [5.41, 5.74) is 4.40. The molecule has 17 heavy (non-hydrogen) atoms. The minimum absolute atomic E-state index is 0.360. The quantitative estimate of drug-likeness (QED) is 0.487. The highest BCUT2D eigenvalue weighted by atomic mass is 127. The fourth-order valence-corrected chi connectivity index (χ4v) is 5.20. The van der Waals surface area contributed by atoms with Crippen LogP contribution in [0.15, 0.2) is 11.4 Å². The summed E-state index contributed by atoms with van der Waals surface area (Å²) in [6.45, 7) is 0. The van der Waals surface area contributed by atoms with Gasteiger partial charge in [-0.15, -0.1) is 11.3 Å². The molecular weight excluding hydrogens is 343 g/mol. The molecule has 0 aliphatic heterocycles. The van der Waals surface area contributed by atoms with E-state index in [1.165, 1.54) is 40.6 Å². The Bertz CT molecular complexity index is 393. The molecule has 0 radical (unpaired) electrons. The van der Waals surface area contributed by atoms with Crippen molar-refractivity contribution in [1.29, 1.82) is 0 Å². The Labute approximate surface area is 120 Å². The Morgan fingerprint density at radius 2 is 2.35 bits per heavy atom. The second kappa shape index (κ2) is 5.15. The monoisotopic (exact) mass is 362 g/mol. The molecule has 2 aliphatic carbocycles. The van der Waals surface area contributed by atoms with Crippen molar-refractivity contribution in [3.05, 3.63) is 19.9 Å². The van der Waals surface area contributed by atoms with Crippen LogP contribution in [0.4, 0.5) is 0 Å². The third-order valence-corrected chi connectivity index (χ3v) is 6.42. The van der Waals surface area contributed by atoms with Crippen molar-refractivity contribution in [2.75, 3.05) is 0 Å². The highest BCUT2D eigenvalue weighted by Gasteiger charge is 2.40. The molecule has 0 amide bonds. The number of halogens is 1. The molecule has 3 rings (SSSR count). The van der Waals surface area contributed by atoms with Crippen LogP contribution in [-0.2, 0) is 0 Å². The van der Waals surface area contributed by atoms with Crippen LogP contribution in [-0.4, -0.2) is 0 Å². The van der Waals surface area contributed by atoms with Gasteiger partial charge in [-0.05, 0) is 83.0 Å². The third kappa shape index (κ3) is 2.55. The van der Waals surface area contributed by atoms with E-state index in [0.717, 1.165) is 17.8 Å². The maximum absolute atomic E-state index is 5.74. The van der Waals surface area contributed by atoms with Gasteiger partial charge in [0.05, 0.1) is 2.88 Å². The first-order valence-electron chi connectivity index (χ1n) is 6.46. The van der Waals surface area contributed by atoms with Gasteiger partial charge in [0.1, 0.15) is 0 Å². The summed E-state index contributed by atoms with van der Waals surface area (Å²) in [6.07, 6.45) is 7.11. The minimum atomic E-state index is 0.360. The van der Waals surface area contributed by atoms with Gasteiger partial charge in [-0.25, -0.2) is 0 Å². The maximum atomic E-state index is 5.74. The van der Waals surface area contributed by atoms with Crippen LogP contribution in [0, 0.1) is 20.6 Å². The van der Waals surface area contributed by atoms with Crippen molar-refractivity contribution < 1.29 is 0 Å². The highest BCUT2D eigenvalue weighted by Crippen LogP contribution is 2.50. The number of hydrogen-bond acceptors (Lipinski definition) is 3. The first kappa shape index (κ1) is 12.4. The van der Waals surface area contributed by atoms with Crippen LogP contribution >= 0.6 is 33.9 Å². The standard InChI is InChI=1S/C13H19IN2S/c14-13-6-11(7-17-13)12(16-15)5-10-4-8-1-2-9(10)3-8/h6-10,12,16H,1-5,15H2. The molecule has 2 fully saturated rings. The van der Waals surface area contributed by atoms with Gasteiger partial charge in [0, 0.05) is 6.04 Å². The van der Waals surface area contributed by atoms with E-state index < -0.39 is 0 Å². The lowest BCUT2D eigenvalue weighted by molar-refractivity contribution is 0.280. The largest absolute Gasteiger partial charge is 0.271 e. The molecule has 4 unspecified atom stereocenters. The molecule has 2 aliphatic rings. The van der Waals surface area contributed by atoms with Crippen molar-refractivity contribution in [3.8, 4) is 0 Å². The Morgan fingerprint density at radius 3 is 2.88 bits per heavy atom. The summed E-state index contributed by atoms with van der Waals surface area (Å²) in [6, 6.07) is 2.63. The third-order valence-electron chi connectivity index (χ3n) is 4.61. The highest BCUT2D eigenvalue weighted by molar-refractivity contribution is 14.1. The lowest BCUT2D eigenvalue weighted by Crippen LogP contribution is -2.30. The van der Waals surface area contributed by atoms with E-state index >= 15 is 0 Å². The topological polar surface area (TPSA) is 38.0 Å². The van der Waals surface area contributed by atoms with Crippen molar-refractivity contribution in [3.63, 3.8) is 0 Å². The summed E-state index contributed by atoms with van der Waals surface area (Å²) < 4.78 is 1.35. The number of fused-ring (bicyclic) bond motifs is 2. The first-order valence-corrected chi connectivity index (χ1v) is 8.42. The lowest BCUT2D eigenvalue weighted by atomic mass is 9.83. The van der Waals surface area contributed by atoms with Crippen molar-refractivity contribution in [2.45, 2.75) is 38.1 Å². The van der Waals surface area contributed by atoms with E-state index in [4.69, 9.17) is 5.84 Å². The number of hydrogen-bond donors (Lipinski definition) is 2. The normalized spacial score (nSPS) is 33.2. The Balaban J connectivity index is 1.66. The lowest BCUT2D eigenvalue weighted by Gasteiger charge is -2.26. The Kier molecular flexibility index (Phi) is 3.75. The predicted octanol–water partition coefficient (Wildman–Crippen LogP) is 3.68. The first-order chi connectivity index (χ1) is 8.26. The molecule has 1 aromatic rings. The SMILES string of the molecule is NNC(CC1CC2CCC1C2)c1csc(I)c1. The van der Waals surface area contributed by atoms with Crippen LogP contribution < -0.4 is 11.3 Å². The molecule has 0 saturated heterocycles. The number of nitrogens with one attached hydrogen (secondary N) is 1. The summed E-state index contributed by atoms with van der Waals surface area (Å²) in [5, 5.41) is 2.25. The minimum Gasteiger partial charge on any atom is -0.271 e. The number of thiophene rings is 1. The van der Waals surface area contributed by atoms with Crippen LogP contribution in [0.2, 0.25) is 0 Å². The zero-order valence-electron chi connectivity index (χ0n) is 9.86. The number of nitrogens with two attached hydrogens (primary N) is 1. The Morgan fingerprint density at radius 1 is 1.47 bits per heavy atom. The van der Waals surface area contributed by atoms with Crippen LogP contribution in [0.5, 0.6) is 0 Å². The van der Waals surface area contributed by atoms with E-state index in [1.807, 2.05) is 11.3 Å². The molecule has 2 bridgehead atoms. The molecule has 1 heterocycles. The van der Waals surface area contributed by atoms with Gasteiger partial charge in [0.15, 0.2) is 0 Å². The zero-order chi connectivity index (χ0) is 11.8. The molecule has 2 saturated carbocycles. The predicted molar refractivity (Wildman–Crippen MR) is 80.7 cm³/mol. The summed E-state index contributed by atoms with van der Waals surface area (Å²) >= 11 is 4.20. The Hall–Kier alpha value is 0.350. The molecule has 0 spiro atoms. The molecule has 0 aromatic carbocycles. The van der Waals surface area contributed by atoms with Gasteiger partial charge >= 0.3 is 0 Å². The fraction of sp³-hybridized carbons (Fsp3) is 0.692. The van der Waals surface area contributed by atoms with E-state index in [1.54, 1.807) is 0 Å². The maximum Gasteiger partial charge on any atom is 0.0656 e. The smallest absolute Gasteiger partial charge is 0.0656 e. The van der Waals surface area contributed by atoms with Crippen molar-refractivity contribution >= 4 is 33.9 Å². The number of rotatable bonds is 4. The zero-order valence-corrected chi connectivity index (χ0v) is 12.8. The second-order valence-corrected chi connectivity index (χ2v) is 8.38. The summed E-state index contributed by atoms with van der Waals surface area (Å²) in [5.74, 6) is 8.68. The van der Waals surface area contributed by atoms with E-state index in [9.17, 15) is 0 Å². The average Bonchev–Trinajstić information content (AvgIpc) is 3.01. The van der Waals surface area contributed by atoms with Crippen LogP contribution in [0.3, 0.4) is 0 Å². The molecule has 4 atom stereocenters. The second-order valence-electron chi connectivity index (χ2n) is 5.57. The van der Waals surface area contributed by atoms with Gasteiger partial charge in [-0.1, -0.05) is 6.42 Å². The van der Waals surface area contributed by atoms with Gasteiger partial charge in [0.25, 0.3) is 0 Å². The van der Waals surface area contributed by atoms with E-state index in [-0.39, 0.29) is 0 Å². The number of hydrazine groups is 1. The molecular formula is C13H19IN2S. The van der Waals surface area contributed by atoms with Crippen LogP contribution in [0.1, 0.15) is 43.7 Å². The summed E-state index contributed by atoms with van der Waals surface area (Å²) in [7, 11) is 0.